The molecular formula is C15H26N4O2S. The van der Waals surface area contributed by atoms with E-state index in [0.29, 0.717) is 18.8 Å². The van der Waals surface area contributed by atoms with Gasteiger partial charge < -0.3 is 20.4 Å². The fraction of sp³-hybridized carbons (Fsp3) is 0.600. The Morgan fingerprint density at radius 3 is 2.64 bits per heavy atom. The second kappa shape index (κ2) is 9.40. The Morgan fingerprint density at radius 1 is 1.32 bits per heavy atom. The van der Waals surface area contributed by atoms with Crippen molar-refractivity contribution in [3.05, 3.63) is 24.2 Å². The van der Waals surface area contributed by atoms with Crippen molar-refractivity contribution in [2.24, 2.45) is 4.99 Å². The average Bonchev–Trinajstić information content (AvgIpc) is 3.03. The van der Waals surface area contributed by atoms with E-state index in [9.17, 15) is 4.79 Å². The van der Waals surface area contributed by atoms with Gasteiger partial charge in [0.2, 0.25) is 0 Å². The zero-order chi connectivity index (χ0) is 16.4. The van der Waals surface area contributed by atoms with E-state index >= 15 is 0 Å². The first-order valence-electron chi connectivity index (χ1n) is 7.37. The van der Waals surface area contributed by atoms with Crippen molar-refractivity contribution < 1.29 is 9.21 Å². The molecule has 6 nitrogen and oxygen atoms in total. The first-order chi connectivity index (χ1) is 10.5. The van der Waals surface area contributed by atoms with Gasteiger partial charge in [-0.15, -0.1) is 0 Å². The number of nitrogens with one attached hydrogen (secondary N) is 3. The van der Waals surface area contributed by atoms with Gasteiger partial charge in [-0.1, -0.05) is 0 Å². The van der Waals surface area contributed by atoms with E-state index in [4.69, 9.17) is 4.42 Å². The minimum atomic E-state index is -0.211. The van der Waals surface area contributed by atoms with Gasteiger partial charge in [0.1, 0.15) is 0 Å². The van der Waals surface area contributed by atoms with Crippen LogP contribution in [0, 0.1) is 0 Å². The van der Waals surface area contributed by atoms with Crippen LogP contribution in [-0.4, -0.2) is 49.0 Å². The highest BCUT2D eigenvalue weighted by atomic mass is 32.2. The highest BCUT2D eigenvalue weighted by molar-refractivity contribution is 7.99. The Labute approximate surface area is 136 Å². The summed E-state index contributed by atoms with van der Waals surface area (Å²) in [6.07, 6.45) is 3.57. The zero-order valence-corrected chi connectivity index (χ0v) is 14.5. The van der Waals surface area contributed by atoms with E-state index in [0.717, 1.165) is 19.0 Å². The van der Waals surface area contributed by atoms with Gasteiger partial charge in [0.25, 0.3) is 5.91 Å². The van der Waals surface area contributed by atoms with E-state index in [1.807, 2.05) is 6.92 Å². The molecule has 0 atom stereocenters. The van der Waals surface area contributed by atoms with E-state index in [1.165, 1.54) is 6.26 Å². The van der Waals surface area contributed by atoms with Gasteiger partial charge in [-0.2, -0.15) is 11.8 Å². The van der Waals surface area contributed by atoms with Gasteiger partial charge in [-0.3, -0.25) is 9.79 Å². The second-order valence-electron chi connectivity index (χ2n) is 5.32. The molecule has 0 unspecified atom stereocenters. The average molecular weight is 326 g/mol. The Kier molecular flexibility index (Phi) is 7.87. The van der Waals surface area contributed by atoms with Crippen LogP contribution in [-0.2, 0) is 0 Å². The molecule has 3 N–H and O–H groups in total. The maximum absolute atomic E-state index is 11.7. The molecule has 124 valence electrons. The van der Waals surface area contributed by atoms with Crippen molar-refractivity contribution in [1.29, 1.82) is 0 Å². The Morgan fingerprint density at radius 2 is 2.05 bits per heavy atom. The van der Waals surface area contributed by atoms with E-state index in [1.54, 1.807) is 23.9 Å². The molecule has 0 fully saturated rings. The third-order valence-corrected chi connectivity index (χ3v) is 4.20. The van der Waals surface area contributed by atoms with Crippen molar-refractivity contribution in [2.45, 2.75) is 25.5 Å². The van der Waals surface area contributed by atoms with Crippen LogP contribution in [0.1, 0.15) is 31.3 Å². The van der Waals surface area contributed by atoms with Crippen LogP contribution in [0.5, 0.6) is 0 Å². The number of nitrogens with zero attached hydrogens (tertiary/aromatic N) is 1. The summed E-state index contributed by atoms with van der Waals surface area (Å²) in [4.78, 5) is 16.3. The molecule has 0 radical (unpaired) electrons. The van der Waals surface area contributed by atoms with Gasteiger partial charge in [-0.25, -0.2) is 0 Å². The van der Waals surface area contributed by atoms with Crippen LogP contribution >= 0.6 is 11.8 Å². The molecule has 0 aliphatic heterocycles. The third kappa shape index (κ3) is 6.89. The molecule has 0 aromatic carbocycles. The van der Waals surface area contributed by atoms with Gasteiger partial charge >= 0.3 is 0 Å². The maximum Gasteiger partial charge on any atom is 0.287 e. The molecule has 7 heteroatoms. The lowest BCUT2D eigenvalue weighted by molar-refractivity contribution is 0.0926. The number of amides is 1. The Balaban J connectivity index is 2.35. The largest absolute Gasteiger partial charge is 0.459 e. The van der Waals surface area contributed by atoms with Gasteiger partial charge in [0, 0.05) is 24.4 Å². The normalized spacial score (nSPS) is 12.1. The smallest absolute Gasteiger partial charge is 0.287 e. The van der Waals surface area contributed by atoms with Gasteiger partial charge in [0.05, 0.1) is 12.8 Å². The summed E-state index contributed by atoms with van der Waals surface area (Å²) >= 11 is 1.79. The topological polar surface area (TPSA) is 78.7 Å². The standard InChI is InChI=1S/C15H26N4O2S/c1-5-16-14(19-11-15(2,3)22-4)18-9-8-17-13(20)12-7-6-10-21-12/h6-7,10H,5,8-9,11H2,1-4H3,(H,17,20)(H2,16,18,19). The number of aliphatic imine (C=N–C) groups is 1. The highest BCUT2D eigenvalue weighted by Gasteiger charge is 2.15. The van der Waals surface area contributed by atoms with Crippen LogP contribution in [0.4, 0.5) is 0 Å². The van der Waals surface area contributed by atoms with Crippen molar-refractivity contribution in [3.63, 3.8) is 0 Å². The SMILES string of the molecule is CCNC(=NCC(C)(C)SC)NCCNC(=O)c1ccco1. The summed E-state index contributed by atoms with van der Waals surface area (Å²) in [6, 6.07) is 3.33. The highest BCUT2D eigenvalue weighted by Crippen LogP contribution is 2.20. The Bertz CT molecular complexity index is 472. The molecule has 0 aliphatic carbocycles. The predicted octanol–water partition coefficient (Wildman–Crippen LogP) is 1.71. The van der Waals surface area contributed by atoms with Crippen molar-refractivity contribution in [3.8, 4) is 0 Å². The third-order valence-electron chi connectivity index (χ3n) is 2.96. The molecule has 1 rings (SSSR count). The summed E-state index contributed by atoms with van der Waals surface area (Å²) in [5.41, 5.74) is 0. The first kappa shape index (κ1) is 18.4. The summed E-state index contributed by atoms with van der Waals surface area (Å²) in [6.45, 7) is 8.96. The van der Waals surface area contributed by atoms with Crippen molar-refractivity contribution in [2.75, 3.05) is 32.4 Å². The fourth-order valence-electron chi connectivity index (χ4n) is 1.53. The van der Waals surface area contributed by atoms with Crippen LogP contribution in [0.25, 0.3) is 0 Å². The molecule has 1 aromatic heterocycles. The van der Waals surface area contributed by atoms with E-state index in [-0.39, 0.29) is 10.7 Å². The summed E-state index contributed by atoms with van der Waals surface area (Å²) in [5, 5.41) is 9.18. The molecule has 1 amide bonds. The summed E-state index contributed by atoms with van der Waals surface area (Å²) in [7, 11) is 0. The van der Waals surface area contributed by atoms with Crippen LogP contribution in [0.3, 0.4) is 0 Å². The number of hydrogen-bond acceptors (Lipinski definition) is 4. The number of furan rings is 1. The fourth-order valence-corrected chi connectivity index (χ4v) is 1.72. The van der Waals surface area contributed by atoms with Crippen molar-refractivity contribution in [1.82, 2.24) is 16.0 Å². The molecule has 0 saturated heterocycles. The number of carbonyl (C=O) groups excluding carboxylic acids is 1. The minimum Gasteiger partial charge on any atom is -0.459 e. The molecule has 1 heterocycles. The van der Waals surface area contributed by atoms with Crippen molar-refractivity contribution >= 4 is 23.6 Å². The molecule has 22 heavy (non-hydrogen) atoms. The molecule has 1 aromatic rings. The Hall–Kier alpha value is -1.63. The second-order valence-corrected chi connectivity index (χ2v) is 6.83. The van der Waals surface area contributed by atoms with E-state index in [2.05, 4.69) is 41.0 Å². The lowest BCUT2D eigenvalue weighted by atomic mass is 10.2. The molecule has 0 spiro atoms. The van der Waals surface area contributed by atoms with Crippen LogP contribution < -0.4 is 16.0 Å². The number of rotatable bonds is 8. The number of carbonyl (C=O) groups is 1. The number of hydrogen-bond donors (Lipinski definition) is 3. The number of thioether (sulfide) groups is 1. The molecule has 0 saturated carbocycles. The summed E-state index contributed by atoms with van der Waals surface area (Å²) in [5.74, 6) is 0.872. The van der Waals surface area contributed by atoms with E-state index < -0.39 is 0 Å². The predicted molar refractivity (Wildman–Crippen MR) is 92.6 cm³/mol. The molecular weight excluding hydrogens is 300 g/mol. The lowest BCUT2D eigenvalue weighted by Crippen LogP contribution is -2.42. The monoisotopic (exact) mass is 326 g/mol. The lowest BCUT2D eigenvalue weighted by Gasteiger charge is -2.20. The van der Waals surface area contributed by atoms with Gasteiger partial charge in [0.15, 0.2) is 11.7 Å². The zero-order valence-electron chi connectivity index (χ0n) is 13.7. The first-order valence-corrected chi connectivity index (χ1v) is 8.60. The van der Waals surface area contributed by atoms with Crippen LogP contribution in [0.15, 0.2) is 27.8 Å². The quantitative estimate of drug-likeness (QED) is 0.385. The number of guanidine groups is 1. The van der Waals surface area contributed by atoms with Gasteiger partial charge in [-0.05, 0) is 39.2 Å². The molecule has 0 bridgehead atoms. The van der Waals surface area contributed by atoms with Crippen LogP contribution in [0.2, 0.25) is 0 Å². The minimum absolute atomic E-state index is 0.107. The summed E-state index contributed by atoms with van der Waals surface area (Å²) < 4.78 is 5.14. The molecule has 0 aliphatic rings. The maximum atomic E-state index is 11.7.